The lowest BCUT2D eigenvalue weighted by molar-refractivity contribution is -0.155. The number of carbonyl (C=O) groups excluding carboxylic acids is 4. The third-order valence-electron chi connectivity index (χ3n) is 10.7. The number of alkyl halides is 1. The topological polar surface area (TPSA) is 125 Å². The van der Waals surface area contributed by atoms with Gasteiger partial charge in [-0.15, -0.1) is 13.2 Å². The molecule has 3 aliphatic heterocycles. The predicted molar refractivity (Wildman–Crippen MR) is 207 cm³/mol. The standard InChI is InChI=1S/C42H54BrN3O7/c1-8-10-21-32(48)52-25-30(27-17-13-11-14-18-27)44-37(49)33-34-38(50)46(31(24-47)28-19-15-12-16-20-28)36(42(34)23-29(43)35(33)53-42)39(51)45(22-9-2)41(6,7)26-40(3,4)5/h8-9,11-20,29-31,33-36,47H,1-2,10,21-26H2,3-7H3,(H,44,49)/t29?,30-,31-,33+,34-,35+,36+,42-/m1/s1. The molecule has 2 bridgehead atoms. The summed E-state index contributed by atoms with van der Waals surface area (Å²) in [4.78, 5) is 60.4. The van der Waals surface area contributed by atoms with E-state index in [1.54, 1.807) is 17.1 Å². The maximum atomic E-state index is 15.3. The van der Waals surface area contributed by atoms with Crippen molar-refractivity contribution in [2.45, 2.75) is 100 Å². The molecular weight excluding hydrogens is 738 g/mol. The van der Waals surface area contributed by atoms with Gasteiger partial charge in [0.25, 0.3) is 0 Å². The van der Waals surface area contributed by atoms with E-state index in [9.17, 15) is 14.7 Å². The van der Waals surface area contributed by atoms with Crippen molar-refractivity contribution in [3.63, 3.8) is 0 Å². The van der Waals surface area contributed by atoms with Crippen LogP contribution >= 0.6 is 15.9 Å². The SMILES string of the molecule is C=CCCC(=O)OC[C@@H](NC(=O)[C@@H]1[C@H]2O[C@@]3(CC2Br)[C@H](C(=O)N(CC=C)C(C)(C)CC(C)(C)C)N([C@H](CO)c2ccccc2)C(=O)[C@@H]13)c1ccccc1. The summed E-state index contributed by atoms with van der Waals surface area (Å²) in [5, 5.41) is 14.0. The van der Waals surface area contributed by atoms with Gasteiger partial charge in [-0.05, 0) is 49.7 Å². The van der Waals surface area contributed by atoms with Crippen LogP contribution in [-0.4, -0.2) is 86.5 Å². The Kier molecular flexibility index (Phi) is 12.4. The molecular formula is C42H54BrN3O7. The maximum absolute atomic E-state index is 15.3. The minimum atomic E-state index is -1.37. The van der Waals surface area contributed by atoms with Crippen LogP contribution in [0, 0.1) is 17.3 Å². The monoisotopic (exact) mass is 791 g/mol. The summed E-state index contributed by atoms with van der Waals surface area (Å²) < 4.78 is 12.4. The Bertz CT molecular complexity index is 1660. The Morgan fingerprint density at radius 3 is 2.25 bits per heavy atom. The summed E-state index contributed by atoms with van der Waals surface area (Å²) in [6.45, 7) is 17.7. The minimum Gasteiger partial charge on any atom is -0.463 e. The van der Waals surface area contributed by atoms with Crippen LogP contribution in [0.25, 0.3) is 0 Å². The zero-order valence-electron chi connectivity index (χ0n) is 31.5. The van der Waals surface area contributed by atoms with Gasteiger partial charge in [0, 0.05) is 23.3 Å². The number of hydrogen-bond donors (Lipinski definition) is 2. The molecule has 10 nitrogen and oxygen atoms in total. The van der Waals surface area contributed by atoms with Gasteiger partial charge in [-0.2, -0.15) is 0 Å². The van der Waals surface area contributed by atoms with Gasteiger partial charge in [0.2, 0.25) is 17.7 Å². The van der Waals surface area contributed by atoms with Crippen LogP contribution in [0.1, 0.15) is 83.5 Å². The molecule has 286 valence electrons. The molecule has 5 rings (SSSR count). The second-order valence-electron chi connectivity index (χ2n) is 16.3. The predicted octanol–water partition coefficient (Wildman–Crippen LogP) is 6.06. The largest absolute Gasteiger partial charge is 0.463 e. The fraction of sp³-hybridized carbons (Fsp3) is 0.524. The van der Waals surface area contributed by atoms with Gasteiger partial charge in [0.15, 0.2) is 0 Å². The average molecular weight is 793 g/mol. The lowest BCUT2D eigenvalue weighted by Gasteiger charge is -2.46. The van der Waals surface area contributed by atoms with Crippen molar-refractivity contribution in [2.75, 3.05) is 19.8 Å². The summed E-state index contributed by atoms with van der Waals surface area (Å²) in [6, 6.07) is 15.6. The number of aliphatic hydroxyl groups is 1. The fourth-order valence-corrected chi connectivity index (χ4v) is 9.90. The Hall–Kier alpha value is -3.80. The van der Waals surface area contributed by atoms with E-state index in [0.717, 1.165) is 5.56 Å². The van der Waals surface area contributed by atoms with Crippen molar-refractivity contribution in [3.05, 3.63) is 97.1 Å². The zero-order chi connectivity index (χ0) is 38.7. The molecule has 3 saturated heterocycles. The first-order valence-corrected chi connectivity index (χ1v) is 19.4. The van der Waals surface area contributed by atoms with Gasteiger partial charge in [-0.3, -0.25) is 19.2 Å². The summed E-state index contributed by atoms with van der Waals surface area (Å²) in [5.74, 6) is -3.60. The number of nitrogens with one attached hydrogen (secondary N) is 1. The normalized spacial score (nSPS) is 26.1. The van der Waals surface area contributed by atoms with Gasteiger partial charge >= 0.3 is 5.97 Å². The van der Waals surface area contributed by atoms with Gasteiger partial charge in [-0.25, -0.2) is 0 Å². The number of aliphatic hydroxyl groups excluding tert-OH is 1. The van der Waals surface area contributed by atoms with Gasteiger partial charge in [0.1, 0.15) is 18.2 Å². The first-order valence-electron chi connectivity index (χ1n) is 18.4. The zero-order valence-corrected chi connectivity index (χ0v) is 33.1. The molecule has 1 unspecified atom stereocenters. The number of esters is 1. The van der Waals surface area contributed by atoms with Crippen LogP contribution in [-0.2, 0) is 28.7 Å². The molecule has 0 saturated carbocycles. The molecule has 0 aliphatic carbocycles. The molecule has 3 amide bonds. The van der Waals surface area contributed by atoms with E-state index in [0.29, 0.717) is 24.8 Å². The van der Waals surface area contributed by atoms with Crippen LogP contribution in [0.4, 0.5) is 0 Å². The van der Waals surface area contributed by atoms with Crippen LogP contribution in [0.5, 0.6) is 0 Å². The summed E-state index contributed by atoms with van der Waals surface area (Å²) >= 11 is 3.78. The van der Waals surface area contributed by atoms with Crippen molar-refractivity contribution in [1.29, 1.82) is 0 Å². The molecule has 3 heterocycles. The lowest BCUT2D eigenvalue weighted by atomic mass is 9.70. The van der Waals surface area contributed by atoms with Crippen LogP contribution in [0.3, 0.4) is 0 Å². The van der Waals surface area contributed by atoms with Gasteiger partial charge < -0.3 is 29.7 Å². The van der Waals surface area contributed by atoms with E-state index in [-0.39, 0.29) is 35.7 Å². The summed E-state index contributed by atoms with van der Waals surface area (Å²) in [7, 11) is 0. The van der Waals surface area contributed by atoms with Crippen molar-refractivity contribution < 1.29 is 33.8 Å². The highest BCUT2D eigenvalue weighted by atomic mass is 79.9. The molecule has 11 heteroatoms. The number of hydrogen-bond acceptors (Lipinski definition) is 7. The Morgan fingerprint density at radius 1 is 1.06 bits per heavy atom. The number of likely N-dealkylation sites (tertiary alicyclic amines) is 1. The number of amides is 3. The van der Waals surface area contributed by atoms with E-state index in [1.807, 2.05) is 74.5 Å². The Labute approximate surface area is 322 Å². The van der Waals surface area contributed by atoms with E-state index >= 15 is 9.59 Å². The molecule has 1 spiro atoms. The third-order valence-corrected chi connectivity index (χ3v) is 11.6. The molecule has 2 aromatic rings. The van der Waals surface area contributed by atoms with E-state index < -0.39 is 71.6 Å². The third kappa shape index (κ3) is 8.17. The van der Waals surface area contributed by atoms with Crippen molar-refractivity contribution in [3.8, 4) is 0 Å². The van der Waals surface area contributed by atoms with E-state index in [2.05, 4.69) is 55.2 Å². The Morgan fingerprint density at radius 2 is 1.68 bits per heavy atom. The number of carbonyl (C=O) groups is 4. The van der Waals surface area contributed by atoms with Gasteiger partial charge in [0.05, 0.1) is 36.6 Å². The first-order chi connectivity index (χ1) is 25.1. The number of rotatable bonds is 16. The summed E-state index contributed by atoms with van der Waals surface area (Å²) in [5.41, 5.74) is -0.760. The first kappa shape index (κ1) is 40.4. The highest BCUT2D eigenvalue weighted by Gasteiger charge is 2.77. The molecule has 0 aromatic heterocycles. The molecule has 3 fully saturated rings. The van der Waals surface area contributed by atoms with E-state index in [4.69, 9.17) is 9.47 Å². The lowest BCUT2D eigenvalue weighted by Crippen LogP contribution is -2.61. The molecule has 8 atom stereocenters. The molecule has 3 aliphatic rings. The number of nitrogens with zero attached hydrogens (tertiary/aromatic N) is 2. The number of halogens is 1. The number of fused-ring (bicyclic) bond motifs is 1. The number of allylic oxidation sites excluding steroid dienone is 1. The average Bonchev–Trinajstić information content (AvgIpc) is 3.71. The second kappa shape index (κ2) is 16.3. The van der Waals surface area contributed by atoms with Gasteiger partial charge in [-0.1, -0.05) is 110 Å². The maximum Gasteiger partial charge on any atom is 0.306 e. The number of ether oxygens (including phenoxy) is 2. The smallest absolute Gasteiger partial charge is 0.306 e. The highest BCUT2D eigenvalue weighted by molar-refractivity contribution is 9.09. The van der Waals surface area contributed by atoms with Crippen LogP contribution < -0.4 is 5.32 Å². The fourth-order valence-electron chi connectivity index (χ4n) is 8.96. The van der Waals surface area contributed by atoms with Crippen molar-refractivity contribution in [2.24, 2.45) is 17.3 Å². The van der Waals surface area contributed by atoms with Crippen LogP contribution in [0.2, 0.25) is 0 Å². The molecule has 0 radical (unpaired) electrons. The molecule has 2 N–H and O–H groups in total. The van der Waals surface area contributed by atoms with E-state index in [1.165, 1.54) is 4.90 Å². The molecule has 53 heavy (non-hydrogen) atoms. The quantitative estimate of drug-likeness (QED) is 0.120. The Balaban J connectivity index is 1.57. The molecule has 2 aromatic carbocycles. The minimum absolute atomic E-state index is 0.112. The van der Waals surface area contributed by atoms with Crippen LogP contribution in [0.15, 0.2) is 86.0 Å². The van der Waals surface area contributed by atoms with Crippen molar-refractivity contribution >= 4 is 39.6 Å². The highest BCUT2D eigenvalue weighted by Crippen LogP contribution is 2.61. The van der Waals surface area contributed by atoms with Crippen molar-refractivity contribution in [1.82, 2.24) is 15.1 Å². The summed E-state index contributed by atoms with van der Waals surface area (Å²) in [6.07, 6.45) is 4.20. The second-order valence-corrected chi connectivity index (χ2v) is 17.5. The number of benzene rings is 2.